The molecule has 3 heterocycles. The molecule has 12 N–H and O–H groups in total. The SMILES string of the molecule is CCCCCCC/C=C\C/C=C\C/C=C\CCCCCCCCCCC(=O)NC(COC1OC(CO)C(OC2OC(CO)C(OC3OC(CO)C(O)C(O)C3O)C(O)C2O)C(O)C1O)C(O)/C=C/CC/C=C/CC/C=C/CCCCCCCCCCCCCC. The highest BCUT2D eigenvalue weighted by Crippen LogP contribution is 2.33. The van der Waals surface area contributed by atoms with Crippen LogP contribution < -0.4 is 5.32 Å². The summed E-state index contributed by atoms with van der Waals surface area (Å²) < 4.78 is 34.3. The van der Waals surface area contributed by atoms with E-state index in [4.69, 9.17) is 28.4 Å². The molecule has 3 fully saturated rings. The van der Waals surface area contributed by atoms with Crippen molar-refractivity contribution in [3.63, 3.8) is 0 Å². The van der Waals surface area contributed by atoms with E-state index in [1.807, 2.05) is 6.08 Å². The summed E-state index contributed by atoms with van der Waals surface area (Å²) in [5.41, 5.74) is 0. The van der Waals surface area contributed by atoms with Gasteiger partial charge in [0.15, 0.2) is 18.9 Å². The minimum absolute atomic E-state index is 0.220. The van der Waals surface area contributed by atoms with Crippen LogP contribution in [0.2, 0.25) is 0 Å². The molecule has 19 heteroatoms. The van der Waals surface area contributed by atoms with Gasteiger partial charge < -0.3 is 89.9 Å². The molecule has 3 aliphatic rings. The summed E-state index contributed by atoms with van der Waals surface area (Å²) in [6.07, 6.45) is 38.7. The Balaban J connectivity index is 1.47. The normalized spacial score (nSPS) is 28.5. The van der Waals surface area contributed by atoms with E-state index in [0.29, 0.717) is 12.8 Å². The van der Waals surface area contributed by atoms with Gasteiger partial charge >= 0.3 is 0 Å². The molecular weight excluding hydrogens is 1150 g/mol. The van der Waals surface area contributed by atoms with Gasteiger partial charge in [-0.2, -0.15) is 0 Å². The molecule has 1 amide bonds. The van der Waals surface area contributed by atoms with Crippen molar-refractivity contribution in [1.82, 2.24) is 5.32 Å². The number of amides is 1. The number of unbranched alkanes of at least 4 members (excludes halogenated alkanes) is 27. The lowest BCUT2D eigenvalue weighted by atomic mass is 9.96. The quantitative estimate of drug-likeness (QED) is 0.0199. The van der Waals surface area contributed by atoms with E-state index in [9.17, 15) is 61.0 Å². The second-order valence-corrected chi connectivity index (χ2v) is 25.0. The first-order valence-corrected chi connectivity index (χ1v) is 35.2. The van der Waals surface area contributed by atoms with Crippen molar-refractivity contribution in [2.24, 2.45) is 0 Å². The molecule has 3 aliphatic heterocycles. The first-order chi connectivity index (χ1) is 43.8. The first kappa shape index (κ1) is 81.5. The maximum absolute atomic E-state index is 13.4. The smallest absolute Gasteiger partial charge is 0.220 e. The van der Waals surface area contributed by atoms with Crippen LogP contribution >= 0.6 is 0 Å². The summed E-state index contributed by atoms with van der Waals surface area (Å²) in [7, 11) is 0. The minimum Gasteiger partial charge on any atom is -0.394 e. The van der Waals surface area contributed by atoms with E-state index in [-0.39, 0.29) is 18.9 Å². The Hall–Kier alpha value is -2.77. The van der Waals surface area contributed by atoms with Crippen LogP contribution in [0.4, 0.5) is 0 Å². The number of rotatable bonds is 53. The average Bonchev–Trinajstić information content (AvgIpc) is 0.865. The van der Waals surface area contributed by atoms with Crippen LogP contribution in [0.15, 0.2) is 72.9 Å². The third-order valence-electron chi connectivity index (χ3n) is 17.2. The fraction of sp³-hybridized carbons (Fsp3) is 0.817. The highest BCUT2D eigenvalue weighted by Gasteiger charge is 2.53. The Morgan fingerprint density at radius 2 is 0.744 bits per heavy atom. The first-order valence-electron chi connectivity index (χ1n) is 35.2. The summed E-state index contributed by atoms with van der Waals surface area (Å²) in [4.78, 5) is 13.4. The van der Waals surface area contributed by atoms with Crippen LogP contribution in [-0.4, -0.2) is 193 Å². The van der Waals surface area contributed by atoms with Crippen LogP contribution in [0.1, 0.15) is 239 Å². The van der Waals surface area contributed by atoms with E-state index in [1.165, 1.54) is 135 Å². The number of hydrogen-bond acceptors (Lipinski definition) is 18. The molecule has 17 atom stereocenters. The fourth-order valence-electron chi connectivity index (χ4n) is 11.5. The highest BCUT2D eigenvalue weighted by atomic mass is 16.8. The van der Waals surface area contributed by atoms with E-state index in [1.54, 1.807) is 6.08 Å². The molecule has 0 aliphatic carbocycles. The monoisotopic (exact) mass is 1280 g/mol. The number of ether oxygens (including phenoxy) is 6. The van der Waals surface area contributed by atoms with Crippen LogP contribution in [0.5, 0.6) is 0 Å². The Morgan fingerprint density at radius 3 is 1.19 bits per heavy atom. The van der Waals surface area contributed by atoms with Crippen molar-refractivity contribution in [3.05, 3.63) is 72.9 Å². The van der Waals surface area contributed by atoms with Crippen LogP contribution in [0, 0.1) is 0 Å². The fourth-order valence-corrected chi connectivity index (χ4v) is 11.5. The second-order valence-electron chi connectivity index (χ2n) is 25.0. The lowest BCUT2D eigenvalue weighted by Gasteiger charge is -2.48. The Labute approximate surface area is 540 Å². The molecule has 0 saturated carbocycles. The molecule has 0 spiro atoms. The molecule has 0 aromatic rings. The van der Waals surface area contributed by atoms with Gasteiger partial charge in [0, 0.05) is 6.42 Å². The summed E-state index contributed by atoms with van der Waals surface area (Å²) >= 11 is 0. The third-order valence-corrected chi connectivity index (χ3v) is 17.2. The summed E-state index contributed by atoms with van der Waals surface area (Å²) in [6, 6.07) is -1.01. The zero-order chi connectivity index (χ0) is 65.4. The molecule has 0 radical (unpaired) electrons. The van der Waals surface area contributed by atoms with E-state index in [0.717, 1.165) is 70.6 Å². The number of allylic oxidation sites excluding steroid dienone is 11. The van der Waals surface area contributed by atoms with Crippen LogP contribution in [-0.2, 0) is 33.2 Å². The zero-order valence-corrected chi connectivity index (χ0v) is 55.1. The van der Waals surface area contributed by atoms with Gasteiger partial charge in [0.1, 0.15) is 73.2 Å². The average molecular weight is 1280 g/mol. The van der Waals surface area contributed by atoms with E-state index < -0.39 is 124 Å². The van der Waals surface area contributed by atoms with E-state index in [2.05, 4.69) is 79.9 Å². The molecule has 0 aromatic heterocycles. The molecule has 0 bridgehead atoms. The Bertz CT molecular complexity index is 1920. The van der Waals surface area contributed by atoms with Crippen molar-refractivity contribution in [2.75, 3.05) is 26.4 Å². The highest BCUT2D eigenvalue weighted by molar-refractivity contribution is 5.76. The third kappa shape index (κ3) is 34.1. The molecule has 17 unspecified atom stereocenters. The van der Waals surface area contributed by atoms with Gasteiger partial charge in [-0.3, -0.25) is 4.79 Å². The largest absolute Gasteiger partial charge is 0.394 e. The molecule has 522 valence electrons. The van der Waals surface area contributed by atoms with Crippen molar-refractivity contribution < 1.29 is 89.4 Å². The maximum atomic E-state index is 13.4. The topological polar surface area (TPSA) is 307 Å². The number of carbonyl (C=O) groups is 1. The predicted molar refractivity (Wildman–Crippen MR) is 351 cm³/mol. The molecule has 3 saturated heterocycles. The van der Waals surface area contributed by atoms with Crippen molar-refractivity contribution >= 4 is 5.91 Å². The van der Waals surface area contributed by atoms with Gasteiger partial charge in [-0.1, -0.05) is 222 Å². The lowest BCUT2D eigenvalue weighted by molar-refractivity contribution is -0.379. The van der Waals surface area contributed by atoms with Crippen LogP contribution in [0.3, 0.4) is 0 Å². The summed E-state index contributed by atoms with van der Waals surface area (Å²) in [6.45, 7) is 1.69. The van der Waals surface area contributed by atoms with Gasteiger partial charge in [-0.15, -0.1) is 0 Å². The van der Waals surface area contributed by atoms with Crippen molar-refractivity contribution in [3.8, 4) is 0 Å². The molecule has 19 nitrogen and oxygen atoms in total. The Kier molecular flexibility index (Phi) is 47.5. The predicted octanol–water partition coefficient (Wildman–Crippen LogP) is 9.33. The zero-order valence-electron chi connectivity index (χ0n) is 55.1. The van der Waals surface area contributed by atoms with E-state index >= 15 is 0 Å². The van der Waals surface area contributed by atoms with Gasteiger partial charge in [-0.25, -0.2) is 0 Å². The molecule has 3 rings (SSSR count). The number of hydrogen-bond donors (Lipinski definition) is 12. The van der Waals surface area contributed by atoms with Crippen LogP contribution in [0.25, 0.3) is 0 Å². The van der Waals surface area contributed by atoms with Crippen molar-refractivity contribution in [1.29, 1.82) is 0 Å². The van der Waals surface area contributed by atoms with Gasteiger partial charge in [-0.05, 0) is 83.5 Å². The molecule has 90 heavy (non-hydrogen) atoms. The van der Waals surface area contributed by atoms with Gasteiger partial charge in [0.2, 0.25) is 5.91 Å². The number of aliphatic hydroxyl groups excluding tert-OH is 11. The summed E-state index contributed by atoms with van der Waals surface area (Å²) in [5.74, 6) is -0.298. The minimum atomic E-state index is -1.99. The second kappa shape index (κ2) is 52.5. The number of nitrogens with one attached hydrogen (secondary N) is 1. The lowest BCUT2D eigenvalue weighted by Crippen LogP contribution is -2.66. The molecule has 0 aromatic carbocycles. The number of aliphatic hydroxyl groups is 11. The molecular formula is C71H125NO18. The van der Waals surface area contributed by atoms with Gasteiger partial charge in [0.25, 0.3) is 0 Å². The summed E-state index contributed by atoms with van der Waals surface area (Å²) in [5, 5.41) is 121. The van der Waals surface area contributed by atoms with Crippen molar-refractivity contribution in [2.45, 2.75) is 343 Å². The Morgan fingerprint density at radius 1 is 0.400 bits per heavy atom. The number of carbonyl (C=O) groups excluding carboxylic acids is 1. The standard InChI is InChI=1S/C71H125NO18/c1-3-5-7-9-11-13-15-17-19-21-23-25-27-29-31-33-35-37-39-41-43-45-47-49-59(77)72-54(55(76)48-46-44-42-40-38-36-34-32-30-28-26-24-22-20-18-16-14-12-10-8-6-4-2)53-85-69-65(83)62(80)67(57(51-74)87-69)90-71-66(84)63(81)68(58(52-75)88-71)89-70-64(82)61(79)60(78)56(50-73)86-70/h15,17,21,23,27,29-30,32,38,40,46,48,54-58,60-71,73-76,78-84H,3-14,16,18-20,22,24-26,28,31,33-37,39,41-45,47,49-53H2,1-2H3,(H,72,77)/b17-15-,23-21-,29-27-,32-30+,40-38+,48-46+. The maximum Gasteiger partial charge on any atom is 0.220 e. The van der Waals surface area contributed by atoms with Gasteiger partial charge in [0.05, 0.1) is 38.6 Å².